The van der Waals surface area contributed by atoms with Gasteiger partial charge < -0.3 is 4.74 Å². The van der Waals surface area contributed by atoms with Crippen molar-refractivity contribution in [3.8, 4) is 0 Å². The number of hydrogen-bond donors (Lipinski definition) is 0. The lowest BCUT2D eigenvalue weighted by Gasteiger charge is -2.24. The summed E-state index contributed by atoms with van der Waals surface area (Å²) in [6, 6.07) is 6.12. The Morgan fingerprint density at radius 2 is 1.58 bits per heavy atom. The Morgan fingerprint density at radius 3 is 2.06 bits per heavy atom. The van der Waals surface area contributed by atoms with Crippen molar-refractivity contribution in [2.45, 2.75) is 19.1 Å². The summed E-state index contributed by atoms with van der Waals surface area (Å²) in [7, 11) is -3.51. The molecule has 1 aliphatic heterocycles. The van der Waals surface area contributed by atoms with E-state index in [2.05, 4.69) is 0 Å². The molecule has 0 radical (unpaired) electrons. The number of rotatable bonds is 7. The molecule has 164 valence electrons. The molecule has 1 atom stereocenters. The second kappa shape index (κ2) is 8.94. The van der Waals surface area contributed by atoms with Gasteiger partial charge in [-0.05, 0) is 36.2 Å². The number of nitrogens with zero attached hydrogens (tertiary/aromatic N) is 1. The Hall–Kier alpha value is -2.49. The Labute approximate surface area is 187 Å². The normalized spacial score (nSPS) is 14.5. The molecule has 31 heavy (non-hydrogen) atoms. The zero-order chi connectivity index (χ0) is 22.9. The SMILES string of the molecule is CS(=O)(=O)CC[C@H](C(=O)OCc1ccc(F)cc1)N1C(=O)c2cc(Cl)c(Cl)cc2C1=O. The maximum absolute atomic E-state index is 13.0. The van der Waals surface area contributed by atoms with Gasteiger partial charge in [-0.1, -0.05) is 35.3 Å². The van der Waals surface area contributed by atoms with Gasteiger partial charge in [0, 0.05) is 6.26 Å². The molecule has 1 aliphatic rings. The zero-order valence-electron chi connectivity index (χ0n) is 16.1. The highest BCUT2D eigenvalue weighted by Gasteiger charge is 2.44. The van der Waals surface area contributed by atoms with E-state index in [1.54, 1.807) is 0 Å². The zero-order valence-corrected chi connectivity index (χ0v) is 18.4. The first-order valence-electron chi connectivity index (χ1n) is 8.93. The van der Waals surface area contributed by atoms with Gasteiger partial charge in [0.05, 0.1) is 26.9 Å². The van der Waals surface area contributed by atoms with Crippen LogP contribution in [-0.4, -0.2) is 49.2 Å². The van der Waals surface area contributed by atoms with E-state index in [0.29, 0.717) is 10.5 Å². The molecule has 2 amide bonds. The van der Waals surface area contributed by atoms with Crippen LogP contribution in [0.25, 0.3) is 0 Å². The number of ether oxygens (including phenoxy) is 1. The number of fused-ring (bicyclic) bond motifs is 1. The summed E-state index contributed by atoms with van der Waals surface area (Å²) in [5, 5.41) is 0.102. The van der Waals surface area contributed by atoms with E-state index < -0.39 is 45.2 Å². The molecule has 1 heterocycles. The minimum atomic E-state index is -3.51. The van der Waals surface area contributed by atoms with Crippen molar-refractivity contribution in [1.82, 2.24) is 4.90 Å². The molecule has 2 aromatic carbocycles. The first-order chi connectivity index (χ1) is 14.5. The molecule has 0 bridgehead atoms. The third-order valence-electron chi connectivity index (χ3n) is 4.60. The van der Waals surface area contributed by atoms with Crippen LogP contribution in [0.4, 0.5) is 4.39 Å². The summed E-state index contributed by atoms with van der Waals surface area (Å²) in [5.41, 5.74) is 0.378. The van der Waals surface area contributed by atoms with Gasteiger partial charge >= 0.3 is 5.97 Å². The van der Waals surface area contributed by atoms with Crippen molar-refractivity contribution in [3.05, 3.63) is 69.0 Å². The van der Waals surface area contributed by atoms with Crippen molar-refractivity contribution >= 4 is 50.8 Å². The predicted molar refractivity (Wildman–Crippen MR) is 111 cm³/mol. The van der Waals surface area contributed by atoms with E-state index in [4.69, 9.17) is 27.9 Å². The van der Waals surface area contributed by atoms with Gasteiger partial charge in [0.2, 0.25) is 0 Å². The number of sulfone groups is 1. The molecule has 0 spiro atoms. The van der Waals surface area contributed by atoms with Crippen LogP contribution in [-0.2, 0) is 26.0 Å². The van der Waals surface area contributed by atoms with Gasteiger partial charge in [0.1, 0.15) is 28.3 Å². The van der Waals surface area contributed by atoms with Gasteiger partial charge in [0.15, 0.2) is 0 Å². The van der Waals surface area contributed by atoms with E-state index in [-0.39, 0.29) is 34.2 Å². The molecule has 0 saturated carbocycles. The van der Waals surface area contributed by atoms with Crippen molar-refractivity contribution in [2.75, 3.05) is 12.0 Å². The van der Waals surface area contributed by atoms with Gasteiger partial charge in [0.25, 0.3) is 11.8 Å². The highest BCUT2D eigenvalue weighted by molar-refractivity contribution is 7.90. The fourth-order valence-corrected chi connectivity index (χ4v) is 4.02. The molecule has 0 unspecified atom stereocenters. The summed E-state index contributed by atoms with van der Waals surface area (Å²) in [6.07, 6.45) is 0.615. The first-order valence-corrected chi connectivity index (χ1v) is 11.8. The van der Waals surface area contributed by atoms with Gasteiger partial charge in [-0.15, -0.1) is 0 Å². The molecule has 0 fully saturated rings. The number of hydrogen-bond acceptors (Lipinski definition) is 6. The van der Waals surface area contributed by atoms with Crippen molar-refractivity contribution in [1.29, 1.82) is 0 Å². The number of amides is 2. The van der Waals surface area contributed by atoms with Gasteiger partial charge in [-0.25, -0.2) is 17.6 Å². The monoisotopic (exact) mass is 487 g/mol. The molecule has 0 aliphatic carbocycles. The molecule has 3 rings (SSSR count). The lowest BCUT2D eigenvalue weighted by atomic mass is 10.1. The third kappa shape index (κ3) is 5.23. The lowest BCUT2D eigenvalue weighted by Crippen LogP contribution is -2.46. The van der Waals surface area contributed by atoms with Gasteiger partial charge in [-0.3, -0.25) is 14.5 Å². The summed E-state index contributed by atoms with van der Waals surface area (Å²) in [4.78, 5) is 39.2. The van der Waals surface area contributed by atoms with Crippen LogP contribution in [0.2, 0.25) is 10.0 Å². The summed E-state index contributed by atoms with van der Waals surface area (Å²) in [6.45, 7) is -0.255. The van der Waals surface area contributed by atoms with Crippen molar-refractivity contribution < 1.29 is 31.9 Å². The largest absolute Gasteiger partial charge is 0.459 e. The van der Waals surface area contributed by atoms with Crippen LogP contribution < -0.4 is 0 Å². The standard InChI is InChI=1S/C20H16Cl2FNO6S/c1-31(28,29)7-6-17(20(27)30-10-11-2-4-12(23)5-3-11)24-18(25)13-8-15(21)16(22)9-14(13)19(24)26/h2-5,8-9,17H,6-7,10H2,1H3/t17-/m1/s1. The highest BCUT2D eigenvalue weighted by Crippen LogP contribution is 2.33. The van der Waals surface area contributed by atoms with Crippen LogP contribution in [0.1, 0.15) is 32.7 Å². The first kappa shape index (κ1) is 23.2. The smallest absolute Gasteiger partial charge is 0.329 e. The number of imide groups is 1. The topological polar surface area (TPSA) is 97.8 Å². The summed E-state index contributed by atoms with van der Waals surface area (Å²) < 4.78 is 41.5. The highest BCUT2D eigenvalue weighted by atomic mass is 35.5. The molecule has 11 heteroatoms. The van der Waals surface area contributed by atoms with Crippen LogP contribution in [0, 0.1) is 5.82 Å². The second-order valence-electron chi connectivity index (χ2n) is 6.96. The summed E-state index contributed by atoms with van der Waals surface area (Å²) >= 11 is 11.9. The van der Waals surface area contributed by atoms with E-state index in [1.165, 1.54) is 36.4 Å². The molecule has 7 nitrogen and oxygen atoms in total. The number of benzene rings is 2. The lowest BCUT2D eigenvalue weighted by molar-refractivity contribution is -0.149. The molecule has 2 aromatic rings. The second-order valence-corrected chi connectivity index (χ2v) is 10.0. The summed E-state index contributed by atoms with van der Waals surface area (Å²) in [5.74, 6) is -3.52. The predicted octanol–water partition coefficient (Wildman–Crippen LogP) is 3.28. The average molecular weight is 488 g/mol. The number of esters is 1. The Bertz CT molecular complexity index is 1130. The molecular formula is C20H16Cl2FNO6S. The third-order valence-corrected chi connectivity index (χ3v) is 6.30. The van der Waals surface area contributed by atoms with E-state index in [1.807, 2.05) is 0 Å². The maximum Gasteiger partial charge on any atom is 0.329 e. The van der Waals surface area contributed by atoms with E-state index in [0.717, 1.165) is 6.26 Å². The Morgan fingerprint density at radius 1 is 1.06 bits per heavy atom. The number of carbonyl (C=O) groups excluding carboxylic acids is 3. The van der Waals surface area contributed by atoms with E-state index >= 15 is 0 Å². The Balaban J connectivity index is 1.87. The minimum absolute atomic E-state index is 0.0462. The number of halogens is 3. The fraction of sp³-hybridized carbons (Fsp3) is 0.250. The minimum Gasteiger partial charge on any atom is -0.459 e. The quantitative estimate of drug-likeness (QED) is 0.439. The molecule has 0 N–H and O–H groups in total. The van der Waals surface area contributed by atoms with Gasteiger partial charge in [-0.2, -0.15) is 0 Å². The van der Waals surface area contributed by atoms with Crippen molar-refractivity contribution in [2.24, 2.45) is 0 Å². The van der Waals surface area contributed by atoms with Crippen molar-refractivity contribution in [3.63, 3.8) is 0 Å². The van der Waals surface area contributed by atoms with Crippen LogP contribution in [0.3, 0.4) is 0 Å². The van der Waals surface area contributed by atoms with Crippen LogP contribution >= 0.6 is 23.2 Å². The molecule has 0 saturated heterocycles. The molecular weight excluding hydrogens is 472 g/mol. The maximum atomic E-state index is 13.0. The van der Waals surface area contributed by atoms with Crippen LogP contribution in [0.5, 0.6) is 0 Å². The van der Waals surface area contributed by atoms with Crippen LogP contribution in [0.15, 0.2) is 36.4 Å². The Kier molecular flexibility index (Phi) is 6.68. The molecule has 0 aromatic heterocycles. The number of carbonyl (C=O) groups is 3. The fourth-order valence-electron chi connectivity index (χ4n) is 3.04. The van der Waals surface area contributed by atoms with E-state index in [9.17, 15) is 27.2 Å². The average Bonchev–Trinajstić information content (AvgIpc) is 2.92.